The number of piperidine rings is 1. The van der Waals surface area contributed by atoms with Crippen LogP contribution in [0.4, 0.5) is 0 Å². The van der Waals surface area contributed by atoms with E-state index in [1.165, 1.54) is 83.5 Å². The van der Waals surface area contributed by atoms with Gasteiger partial charge in [0.25, 0.3) is 0 Å². The Morgan fingerprint density at radius 2 is 1.26 bits per heavy atom. The van der Waals surface area contributed by atoms with Crippen LogP contribution >= 0.6 is 15.9 Å². The van der Waals surface area contributed by atoms with Gasteiger partial charge in [0.2, 0.25) is 0 Å². The van der Waals surface area contributed by atoms with E-state index in [0.717, 1.165) is 11.0 Å². The SMILES string of the molecule is CCCCCCCCCCCCC(CCC)[N+](C)(C)N1C(C)(C)CCC([O-])(Br)C1(C)C. The van der Waals surface area contributed by atoms with Crippen molar-refractivity contribution in [2.75, 3.05) is 14.1 Å². The lowest BCUT2D eigenvalue weighted by Crippen LogP contribution is -2.81. The number of nitrogens with zero attached hydrogens (tertiary/aromatic N) is 2. The van der Waals surface area contributed by atoms with Gasteiger partial charge in [-0.25, -0.2) is 4.59 Å². The van der Waals surface area contributed by atoms with Gasteiger partial charge in [-0.1, -0.05) is 78.1 Å². The standard InChI is InChI=1S/C27H55BrN2O/c1-9-11-12-13-14-15-16-17-18-19-21-24(20-10-2)30(7,8)29-25(3,4)22-23-27(28,31)26(29,5)6/h24H,9-23H2,1-8H3. The van der Waals surface area contributed by atoms with E-state index < -0.39 is 10.0 Å². The molecule has 2 atom stereocenters. The molecule has 1 aliphatic rings. The van der Waals surface area contributed by atoms with Gasteiger partial charge in [0.1, 0.15) is 6.04 Å². The third-order valence-electron chi connectivity index (χ3n) is 8.00. The molecule has 0 aromatic rings. The molecule has 0 N–H and O–H groups in total. The molecule has 0 saturated carbocycles. The van der Waals surface area contributed by atoms with Crippen LogP contribution < -0.4 is 5.11 Å². The van der Waals surface area contributed by atoms with Crippen molar-refractivity contribution >= 4 is 15.9 Å². The lowest BCUT2D eigenvalue weighted by atomic mass is 9.78. The third kappa shape index (κ3) is 7.97. The Labute approximate surface area is 204 Å². The number of alkyl halides is 1. The van der Waals surface area contributed by atoms with E-state index in [1.54, 1.807) is 0 Å². The van der Waals surface area contributed by atoms with E-state index in [9.17, 15) is 5.11 Å². The molecule has 0 aromatic heterocycles. The van der Waals surface area contributed by atoms with Crippen LogP contribution in [0.15, 0.2) is 0 Å². The maximum absolute atomic E-state index is 13.4. The number of hydrogen-bond acceptors (Lipinski definition) is 2. The fourth-order valence-corrected chi connectivity index (χ4v) is 6.64. The molecule has 186 valence electrons. The Balaban J connectivity index is 2.67. The zero-order valence-corrected chi connectivity index (χ0v) is 24.0. The fraction of sp³-hybridized carbons (Fsp3) is 1.00. The summed E-state index contributed by atoms with van der Waals surface area (Å²) in [6.07, 6.45) is 19.2. The lowest BCUT2D eigenvalue weighted by molar-refractivity contribution is -1.04. The Kier molecular flexibility index (Phi) is 12.1. The van der Waals surface area contributed by atoms with Crippen LogP contribution in [-0.4, -0.2) is 45.3 Å². The first-order valence-corrected chi connectivity index (χ1v) is 14.2. The van der Waals surface area contributed by atoms with Gasteiger partial charge in [-0.15, -0.1) is 20.9 Å². The van der Waals surface area contributed by atoms with Gasteiger partial charge in [-0.3, -0.25) is 0 Å². The van der Waals surface area contributed by atoms with Gasteiger partial charge >= 0.3 is 0 Å². The predicted octanol–water partition coefficient (Wildman–Crippen LogP) is 7.56. The van der Waals surface area contributed by atoms with E-state index in [2.05, 4.69) is 76.6 Å². The summed E-state index contributed by atoms with van der Waals surface area (Å²) in [6, 6.07) is 0.569. The van der Waals surface area contributed by atoms with Crippen LogP contribution in [0.25, 0.3) is 0 Å². The van der Waals surface area contributed by atoms with Gasteiger partial charge < -0.3 is 5.11 Å². The molecule has 1 rings (SSSR count). The van der Waals surface area contributed by atoms with Crippen LogP contribution in [0.2, 0.25) is 0 Å². The molecule has 1 fully saturated rings. The number of hydrogen-bond donors (Lipinski definition) is 0. The lowest BCUT2D eigenvalue weighted by Gasteiger charge is -2.67. The Morgan fingerprint density at radius 1 is 0.774 bits per heavy atom. The summed E-state index contributed by atoms with van der Waals surface area (Å²) in [6.45, 7) is 13.6. The average Bonchev–Trinajstić information content (AvgIpc) is 2.65. The Bertz CT molecular complexity index is 501. The van der Waals surface area contributed by atoms with E-state index in [1.807, 2.05) is 0 Å². The van der Waals surface area contributed by atoms with Crippen molar-refractivity contribution in [1.29, 1.82) is 0 Å². The topological polar surface area (TPSA) is 26.3 Å². The second-order valence-corrected chi connectivity index (χ2v) is 13.1. The molecule has 3 nitrogen and oxygen atoms in total. The highest BCUT2D eigenvalue weighted by Gasteiger charge is 2.57. The molecule has 1 heterocycles. The summed E-state index contributed by atoms with van der Waals surface area (Å²) in [5, 5.41) is 16.0. The monoisotopic (exact) mass is 502 g/mol. The molecule has 0 aliphatic carbocycles. The quantitative estimate of drug-likeness (QED) is 0.131. The van der Waals surface area contributed by atoms with Gasteiger partial charge in [0.05, 0.1) is 25.2 Å². The molecule has 0 bridgehead atoms. The van der Waals surface area contributed by atoms with Crippen molar-refractivity contribution in [3.05, 3.63) is 0 Å². The average molecular weight is 504 g/mol. The molecule has 31 heavy (non-hydrogen) atoms. The Morgan fingerprint density at radius 3 is 1.74 bits per heavy atom. The highest BCUT2D eigenvalue weighted by molar-refractivity contribution is 9.10. The fourth-order valence-electron chi connectivity index (χ4n) is 6.28. The van der Waals surface area contributed by atoms with Gasteiger partial charge in [0, 0.05) is 12.8 Å². The maximum Gasteiger partial charge on any atom is 0.106 e. The molecule has 2 unspecified atom stereocenters. The number of quaternary nitrogens is 1. The minimum atomic E-state index is -1.10. The number of rotatable bonds is 15. The molecule has 0 spiro atoms. The molecule has 0 amide bonds. The van der Waals surface area contributed by atoms with Crippen LogP contribution in [0.3, 0.4) is 0 Å². The van der Waals surface area contributed by atoms with Crippen molar-refractivity contribution in [3.63, 3.8) is 0 Å². The summed E-state index contributed by atoms with van der Waals surface area (Å²) in [7, 11) is 4.71. The number of unbranched alkanes of at least 4 members (excludes halogenated alkanes) is 9. The van der Waals surface area contributed by atoms with E-state index in [4.69, 9.17) is 0 Å². The van der Waals surface area contributed by atoms with Crippen molar-refractivity contribution in [2.45, 2.75) is 159 Å². The second-order valence-electron chi connectivity index (χ2n) is 11.8. The first-order valence-electron chi connectivity index (χ1n) is 13.4. The number of halogens is 1. The van der Waals surface area contributed by atoms with Gasteiger partial charge in [-0.2, -0.15) is 0 Å². The first kappa shape index (κ1) is 29.4. The minimum Gasteiger partial charge on any atom is -0.840 e. The molecule has 0 aromatic carbocycles. The third-order valence-corrected chi connectivity index (χ3v) is 9.36. The molecular weight excluding hydrogens is 448 g/mol. The van der Waals surface area contributed by atoms with Crippen LogP contribution in [-0.2, 0) is 0 Å². The van der Waals surface area contributed by atoms with Crippen LogP contribution in [0, 0.1) is 0 Å². The summed E-state index contributed by atoms with van der Waals surface area (Å²) < 4.78 is -0.278. The molecule has 0 radical (unpaired) electrons. The molecule has 1 saturated heterocycles. The highest BCUT2D eigenvalue weighted by Crippen LogP contribution is 2.49. The summed E-state index contributed by atoms with van der Waals surface area (Å²) in [5.74, 6) is 0. The zero-order valence-electron chi connectivity index (χ0n) is 22.4. The maximum atomic E-state index is 13.4. The predicted molar refractivity (Wildman–Crippen MR) is 138 cm³/mol. The van der Waals surface area contributed by atoms with Crippen molar-refractivity contribution in [1.82, 2.24) is 5.01 Å². The molecule has 1 aliphatic heterocycles. The van der Waals surface area contributed by atoms with Crippen LogP contribution in [0.1, 0.15) is 138 Å². The highest BCUT2D eigenvalue weighted by atomic mass is 79.9. The second kappa shape index (κ2) is 12.7. The largest absolute Gasteiger partial charge is 0.840 e. The van der Waals surface area contributed by atoms with Crippen LogP contribution in [0.5, 0.6) is 0 Å². The smallest absolute Gasteiger partial charge is 0.106 e. The van der Waals surface area contributed by atoms with Crippen molar-refractivity contribution in [3.8, 4) is 0 Å². The summed E-state index contributed by atoms with van der Waals surface area (Å²) in [4.78, 5) is 0. The summed E-state index contributed by atoms with van der Waals surface area (Å²) >= 11 is 3.59. The van der Waals surface area contributed by atoms with Gasteiger partial charge in [0.15, 0.2) is 0 Å². The normalized spacial score (nSPS) is 25.0. The van der Waals surface area contributed by atoms with E-state index >= 15 is 0 Å². The zero-order chi connectivity index (χ0) is 23.8. The van der Waals surface area contributed by atoms with Crippen molar-refractivity contribution < 1.29 is 9.70 Å². The first-order chi connectivity index (χ1) is 14.3. The Hall–Kier alpha value is 0.360. The van der Waals surface area contributed by atoms with Crippen molar-refractivity contribution in [2.24, 2.45) is 0 Å². The van der Waals surface area contributed by atoms with Gasteiger partial charge in [-0.05, 0) is 51.5 Å². The van der Waals surface area contributed by atoms with E-state index in [-0.39, 0.29) is 5.54 Å². The summed E-state index contributed by atoms with van der Waals surface area (Å²) in [5.41, 5.74) is -0.444. The molecule has 4 heteroatoms. The molecular formula is C27H55BrN2O. The van der Waals surface area contributed by atoms with E-state index in [0.29, 0.717) is 12.5 Å². The minimum absolute atomic E-state index is 0.0123.